The van der Waals surface area contributed by atoms with Crippen LogP contribution < -0.4 is 5.32 Å². The van der Waals surface area contributed by atoms with Crippen LogP contribution in [0.15, 0.2) is 22.7 Å². The average Bonchev–Trinajstić information content (AvgIpc) is 3.18. The molecule has 2 heterocycles. The molecule has 0 radical (unpaired) electrons. The highest BCUT2D eigenvalue weighted by molar-refractivity contribution is 9.10. The summed E-state index contributed by atoms with van der Waals surface area (Å²) in [6, 6.07) is 3.92. The molecule has 0 aromatic heterocycles. The van der Waals surface area contributed by atoms with Gasteiger partial charge < -0.3 is 19.7 Å². The van der Waals surface area contributed by atoms with Crippen molar-refractivity contribution in [3.8, 4) is 0 Å². The monoisotopic (exact) mass is 428 g/mol. The van der Waals surface area contributed by atoms with E-state index in [9.17, 15) is 14.0 Å². The number of nitrogens with zero attached hydrogens (tertiary/aromatic N) is 1. The fourth-order valence-electron chi connectivity index (χ4n) is 3.28. The molecule has 142 valence electrons. The summed E-state index contributed by atoms with van der Waals surface area (Å²) in [5.41, 5.74) is 0.217. The van der Waals surface area contributed by atoms with Gasteiger partial charge in [-0.15, -0.1) is 0 Å². The molecule has 2 amide bonds. The zero-order valence-corrected chi connectivity index (χ0v) is 16.0. The van der Waals surface area contributed by atoms with Gasteiger partial charge in [-0.25, -0.2) is 4.39 Å². The summed E-state index contributed by atoms with van der Waals surface area (Å²) in [7, 11) is 0. The number of hydrogen-bond donors (Lipinski definition) is 1. The van der Waals surface area contributed by atoms with Crippen LogP contribution in [0.25, 0.3) is 0 Å². The predicted molar refractivity (Wildman–Crippen MR) is 96.0 cm³/mol. The van der Waals surface area contributed by atoms with Crippen molar-refractivity contribution in [1.82, 2.24) is 10.2 Å². The van der Waals surface area contributed by atoms with Gasteiger partial charge in [-0.05, 0) is 47.0 Å². The smallest absolute Gasteiger partial charge is 0.252 e. The first-order valence-electron chi connectivity index (χ1n) is 8.79. The van der Waals surface area contributed by atoms with Gasteiger partial charge in [0.25, 0.3) is 5.91 Å². The van der Waals surface area contributed by atoms with Crippen molar-refractivity contribution in [2.75, 3.05) is 32.8 Å². The first kappa shape index (κ1) is 19.3. The summed E-state index contributed by atoms with van der Waals surface area (Å²) < 4.78 is 24.9. The molecular weight excluding hydrogens is 407 g/mol. The summed E-state index contributed by atoms with van der Waals surface area (Å²) in [6.07, 6.45) is 1.81. The van der Waals surface area contributed by atoms with Gasteiger partial charge in [-0.2, -0.15) is 0 Å². The van der Waals surface area contributed by atoms with Gasteiger partial charge in [0, 0.05) is 36.4 Å². The van der Waals surface area contributed by atoms with Crippen LogP contribution in [0.4, 0.5) is 4.39 Å². The van der Waals surface area contributed by atoms with E-state index in [0.29, 0.717) is 36.7 Å². The summed E-state index contributed by atoms with van der Waals surface area (Å²) in [4.78, 5) is 26.2. The van der Waals surface area contributed by atoms with E-state index < -0.39 is 11.7 Å². The van der Waals surface area contributed by atoms with Crippen molar-refractivity contribution >= 4 is 27.7 Å². The number of piperidine rings is 1. The predicted octanol–water partition coefficient (Wildman–Crippen LogP) is 2.32. The molecule has 0 spiro atoms. The first-order valence-corrected chi connectivity index (χ1v) is 9.58. The SMILES string of the molecule is O=C(NCCC(=O)N1CCC(C2OCCO2)CC1)c1cc(F)ccc1Br. The third kappa shape index (κ3) is 4.81. The molecular formula is C18H22BrFN2O4. The molecule has 1 N–H and O–H groups in total. The number of ether oxygens (including phenoxy) is 2. The zero-order valence-electron chi connectivity index (χ0n) is 14.4. The Morgan fingerprint density at radius 3 is 2.62 bits per heavy atom. The van der Waals surface area contributed by atoms with E-state index >= 15 is 0 Å². The molecule has 8 heteroatoms. The minimum absolute atomic E-state index is 0.00955. The number of amides is 2. The minimum atomic E-state index is -0.479. The Labute approximate surface area is 160 Å². The van der Waals surface area contributed by atoms with E-state index in [1.54, 1.807) is 0 Å². The second-order valence-corrected chi connectivity index (χ2v) is 7.31. The van der Waals surface area contributed by atoms with E-state index in [1.165, 1.54) is 18.2 Å². The van der Waals surface area contributed by atoms with Gasteiger partial charge in [0.05, 0.1) is 18.8 Å². The van der Waals surface area contributed by atoms with Gasteiger partial charge in [-0.3, -0.25) is 9.59 Å². The Hall–Kier alpha value is -1.51. The van der Waals surface area contributed by atoms with Crippen molar-refractivity contribution in [1.29, 1.82) is 0 Å². The number of nitrogens with one attached hydrogen (secondary N) is 1. The highest BCUT2D eigenvalue weighted by atomic mass is 79.9. The maximum Gasteiger partial charge on any atom is 0.252 e. The Morgan fingerprint density at radius 1 is 1.23 bits per heavy atom. The summed E-state index contributed by atoms with van der Waals surface area (Å²) in [5, 5.41) is 2.67. The van der Waals surface area contributed by atoms with Crippen LogP contribution >= 0.6 is 15.9 Å². The molecule has 0 bridgehead atoms. The molecule has 2 saturated heterocycles. The number of hydrogen-bond acceptors (Lipinski definition) is 4. The Balaban J connectivity index is 1.40. The Morgan fingerprint density at radius 2 is 1.92 bits per heavy atom. The molecule has 6 nitrogen and oxygen atoms in total. The second kappa shape index (κ2) is 8.92. The highest BCUT2D eigenvalue weighted by Crippen LogP contribution is 2.26. The lowest BCUT2D eigenvalue weighted by Gasteiger charge is -2.33. The molecule has 2 aliphatic heterocycles. The van der Waals surface area contributed by atoms with Gasteiger partial charge in [-0.1, -0.05) is 0 Å². The van der Waals surface area contributed by atoms with E-state index in [4.69, 9.17) is 9.47 Å². The fraction of sp³-hybridized carbons (Fsp3) is 0.556. The maximum absolute atomic E-state index is 13.3. The number of rotatable bonds is 5. The minimum Gasteiger partial charge on any atom is -0.351 e. The molecule has 2 aliphatic rings. The molecule has 3 rings (SSSR count). The maximum atomic E-state index is 13.3. The van der Waals surface area contributed by atoms with Crippen LogP contribution in [-0.4, -0.2) is 55.9 Å². The standard InChI is InChI=1S/C18H22BrFN2O4/c19-15-2-1-13(20)11-14(15)17(24)21-6-3-16(23)22-7-4-12(5-8-22)18-25-9-10-26-18/h1-2,11-12,18H,3-10H2,(H,21,24). The molecule has 1 aromatic carbocycles. The Bertz CT molecular complexity index is 659. The van der Waals surface area contributed by atoms with E-state index in [2.05, 4.69) is 21.2 Å². The second-order valence-electron chi connectivity index (χ2n) is 6.46. The molecule has 0 atom stereocenters. The fourth-order valence-corrected chi connectivity index (χ4v) is 3.70. The zero-order chi connectivity index (χ0) is 18.5. The van der Waals surface area contributed by atoms with Crippen molar-refractivity contribution < 1.29 is 23.5 Å². The summed E-state index contributed by atoms with van der Waals surface area (Å²) in [6.45, 7) is 2.86. The topological polar surface area (TPSA) is 67.9 Å². The molecule has 1 aromatic rings. The first-order chi connectivity index (χ1) is 12.5. The van der Waals surface area contributed by atoms with Gasteiger partial charge in [0.2, 0.25) is 5.91 Å². The largest absolute Gasteiger partial charge is 0.351 e. The van der Waals surface area contributed by atoms with Crippen molar-refractivity contribution in [3.05, 3.63) is 34.1 Å². The van der Waals surface area contributed by atoms with Gasteiger partial charge in [0.15, 0.2) is 6.29 Å². The van der Waals surface area contributed by atoms with Crippen molar-refractivity contribution in [2.24, 2.45) is 5.92 Å². The molecule has 0 unspecified atom stereocenters. The third-order valence-corrected chi connectivity index (χ3v) is 5.41. The number of benzene rings is 1. The number of likely N-dealkylation sites (tertiary alicyclic amines) is 1. The quantitative estimate of drug-likeness (QED) is 0.781. The van der Waals surface area contributed by atoms with Crippen LogP contribution in [0.5, 0.6) is 0 Å². The number of carbonyl (C=O) groups is 2. The van der Waals surface area contributed by atoms with E-state index in [-0.39, 0.29) is 30.7 Å². The van der Waals surface area contributed by atoms with Crippen molar-refractivity contribution in [2.45, 2.75) is 25.6 Å². The molecule has 26 heavy (non-hydrogen) atoms. The highest BCUT2D eigenvalue weighted by Gasteiger charge is 2.31. The molecule has 2 fully saturated rings. The van der Waals surface area contributed by atoms with E-state index in [0.717, 1.165) is 12.8 Å². The third-order valence-electron chi connectivity index (χ3n) is 4.72. The number of halogens is 2. The van der Waals surface area contributed by atoms with Gasteiger partial charge in [0.1, 0.15) is 5.82 Å². The van der Waals surface area contributed by atoms with Gasteiger partial charge >= 0.3 is 0 Å². The summed E-state index contributed by atoms with van der Waals surface area (Å²) >= 11 is 3.22. The molecule has 0 aliphatic carbocycles. The number of carbonyl (C=O) groups excluding carboxylic acids is 2. The summed E-state index contributed by atoms with van der Waals surface area (Å²) in [5.74, 6) is -0.534. The van der Waals surface area contributed by atoms with Crippen LogP contribution in [0, 0.1) is 11.7 Å². The van der Waals surface area contributed by atoms with Crippen molar-refractivity contribution in [3.63, 3.8) is 0 Å². The van der Waals surface area contributed by atoms with Crippen LogP contribution in [0.3, 0.4) is 0 Å². The Kier molecular flexibility index (Phi) is 6.61. The van der Waals surface area contributed by atoms with Crippen LogP contribution in [-0.2, 0) is 14.3 Å². The average molecular weight is 429 g/mol. The van der Waals surface area contributed by atoms with Crippen LogP contribution in [0.1, 0.15) is 29.6 Å². The van der Waals surface area contributed by atoms with Crippen LogP contribution in [0.2, 0.25) is 0 Å². The molecule has 0 saturated carbocycles. The lowest BCUT2D eigenvalue weighted by atomic mass is 9.96. The van der Waals surface area contributed by atoms with E-state index in [1.807, 2.05) is 4.90 Å². The lowest BCUT2D eigenvalue weighted by Crippen LogP contribution is -2.42. The normalized spacial score (nSPS) is 18.9. The lowest BCUT2D eigenvalue weighted by molar-refractivity contribution is -0.136.